The van der Waals surface area contributed by atoms with Crippen LogP contribution in [-0.2, 0) is 6.42 Å². The van der Waals surface area contributed by atoms with Gasteiger partial charge in [0.15, 0.2) is 5.65 Å². The number of urea groups is 1. The summed E-state index contributed by atoms with van der Waals surface area (Å²) in [5, 5.41) is 9.10. The summed E-state index contributed by atoms with van der Waals surface area (Å²) in [6.45, 7) is 7.08. The van der Waals surface area contributed by atoms with Gasteiger partial charge in [-0.05, 0) is 38.3 Å². The average Bonchev–Trinajstić information content (AvgIpc) is 3.21. The molecule has 1 saturated carbocycles. The van der Waals surface area contributed by atoms with E-state index in [9.17, 15) is 4.79 Å². The highest BCUT2D eigenvalue weighted by Gasteiger charge is 2.27. The number of piperazine rings is 1. The molecule has 1 saturated heterocycles. The second-order valence-electron chi connectivity index (χ2n) is 9.50. The number of nitrogens with zero attached hydrogens (tertiary/aromatic N) is 6. The Balaban J connectivity index is 1.39. The van der Waals surface area contributed by atoms with Gasteiger partial charge < -0.3 is 15.1 Å². The van der Waals surface area contributed by atoms with Gasteiger partial charge in [0.2, 0.25) is 0 Å². The Kier molecular flexibility index (Phi) is 6.65. The molecule has 1 aromatic carbocycles. The minimum Gasteiger partial charge on any atom is -0.352 e. The molecule has 2 aromatic heterocycles. The standard InChI is InChI=1S/C26H35N7O/c1-3-10-22-28-24(23-19(2)30-33(25(23)29-22)21-13-8-5-9-14-21)31-15-17-32(18-16-31)26(34)27-20-11-6-4-7-12-20/h5,8-9,13-14,20H,3-4,6-7,10-12,15-18H2,1-2H3,(H,27,34). The van der Waals surface area contributed by atoms with E-state index >= 15 is 0 Å². The minimum absolute atomic E-state index is 0.0825. The number of rotatable bonds is 5. The number of carbonyl (C=O) groups is 1. The summed E-state index contributed by atoms with van der Waals surface area (Å²) in [6, 6.07) is 10.6. The van der Waals surface area contributed by atoms with Crippen LogP contribution in [0.5, 0.6) is 0 Å². The molecule has 0 unspecified atom stereocenters. The molecule has 0 atom stereocenters. The number of aromatic nitrogens is 4. The lowest BCUT2D eigenvalue weighted by molar-refractivity contribution is 0.186. The van der Waals surface area contributed by atoms with Crippen molar-refractivity contribution in [2.75, 3.05) is 31.1 Å². The van der Waals surface area contributed by atoms with E-state index in [0.717, 1.165) is 72.8 Å². The minimum atomic E-state index is 0.0825. The van der Waals surface area contributed by atoms with Crippen molar-refractivity contribution in [3.8, 4) is 5.69 Å². The summed E-state index contributed by atoms with van der Waals surface area (Å²) in [4.78, 5) is 27.0. The van der Waals surface area contributed by atoms with Crippen LogP contribution in [0.3, 0.4) is 0 Å². The highest BCUT2D eigenvalue weighted by Crippen LogP contribution is 2.30. The third-order valence-corrected chi connectivity index (χ3v) is 7.00. The van der Waals surface area contributed by atoms with Crippen LogP contribution >= 0.6 is 0 Å². The first-order chi connectivity index (χ1) is 16.6. The molecule has 8 nitrogen and oxygen atoms in total. The van der Waals surface area contributed by atoms with Gasteiger partial charge in [0.05, 0.1) is 16.8 Å². The van der Waals surface area contributed by atoms with Crippen LogP contribution in [0.4, 0.5) is 10.6 Å². The van der Waals surface area contributed by atoms with Gasteiger partial charge >= 0.3 is 6.03 Å². The van der Waals surface area contributed by atoms with Crippen molar-refractivity contribution in [2.24, 2.45) is 0 Å². The number of benzene rings is 1. The Bertz CT molecular complexity index is 1130. The van der Waals surface area contributed by atoms with Gasteiger partial charge in [0.1, 0.15) is 11.6 Å². The second-order valence-corrected chi connectivity index (χ2v) is 9.50. The first kappa shape index (κ1) is 22.6. The molecule has 34 heavy (non-hydrogen) atoms. The fourth-order valence-corrected chi connectivity index (χ4v) is 5.15. The van der Waals surface area contributed by atoms with Gasteiger partial charge in [-0.2, -0.15) is 5.10 Å². The molecular weight excluding hydrogens is 426 g/mol. The van der Waals surface area contributed by atoms with Crippen molar-refractivity contribution in [1.29, 1.82) is 0 Å². The molecule has 5 rings (SSSR count). The highest BCUT2D eigenvalue weighted by molar-refractivity contribution is 5.91. The number of nitrogens with one attached hydrogen (secondary N) is 1. The lowest BCUT2D eigenvalue weighted by atomic mass is 9.96. The molecule has 3 aromatic rings. The molecule has 1 N–H and O–H groups in total. The van der Waals surface area contributed by atoms with Crippen molar-refractivity contribution in [3.05, 3.63) is 41.9 Å². The SMILES string of the molecule is CCCc1nc(N2CCN(C(=O)NC3CCCCC3)CC2)c2c(C)nn(-c3ccccc3)c2n1. The van der Waals surface area contributed by atoms with E-state index < -0.39 is 0 Å². The lowest BCUT2D eigenvalue weighted by Gasteiger charge is -2.36. The number of amides is 2. The summed E-state index contributed by atoms with van der Waals surface area (Å²) in [5.74, 6) is 1.79. The van der Waals surface area contributed by atoms with E-state index in [4.69, 9.17) is 15.1 Å². The van der Waals surface area contributed by atoms with Crippen molar-refractivity contribution in [3.63, 3.8) is 0 Å². The van der Waals surface area contributed by atoms with Gasteiger partial charge in [-0.3, -0.25) is 0 Å². The predicted molar refractivity (Wildman–Crippen MR) is 135 cm³/mol. The number of para-hydroxylation sites is 1. The zero-order valence-corrected chi connectivity index (χ0v) is 20.3. The van der Waals surface area contributed by atoms with Crippen molar-refractivity contribution in [2.45, 2.75) is 64.8 Å². The molecule has 180 valence electrons. The Hall–Kier alpha value is -3.16. The van der Waals surface area contributed by atoms with Crippen molar-refractivity contribution < 1.29 is 4.79 Å². The van der Waals surface area contributed by atoms with E-state index in [1.165, 1.54) is 19.3 Å². The van der Waals surface area contributed by atoms with Gasteiger partial charge in [-0.15, -0.1) is 0 Å². The lowest BCUT2D eigenvalue weighted by Crippen LogP contribution is -2.54. The summed E-state index contributed by atoms with van der Waals surface area (Å²) in [6.07, 6.45) is 7.76. The second kappa shape index (κ2) is 9.99. The van der Waals surface area contributed by atoms with Gasteiger partial charge in [-0.1, -0.05) is 44.4 Å². The molecule has 1 aliphatic heterocycles. The van der Waals surface area contributed by atoms with Crippen LogP contribution in [0.15, 0.2) is 30.3 Å². The summed E-state index contributed by atoms with van der Waals surface area (Å²) in [5.41, 5.74) is 2.78. The first-order valence-electron chi connectivity index (χ1n) is 12.8. The maximum absolute atomic E-state index is 12.8. The van der Waals surface area contributed by atoms with Crippen LogP contribution in [0, 0.1) is 6.92 Å². The van der Waals surface area contributed by atoms with Crippen molar-refractivity contribution >= 4 is 22.9 Å². The Morgan fingerprint density at radius 1 is 1.03 bits per heavy atom. The molecule has 2 amide bonds. The molecular formula is C26H35N7O. The van der Waals surface area contributed by atoms with Crippen molar-refractivity contribution in [1.82, 2.24) is 30.0 Å². The Morgan fingerprint density at radius 3 is 2.47 bits per heavy atom. The number of fused-ring (bicyclic) bond motifs is 1. The fourth-order valence-electron chi connectivity index (χ4n) is 5.15. The van der Waals surface area contributed by atoms with Crippen LogP contribution in [0.25, 0.3) is 16.7 Å². The number of carbonyl (C=O) groups excluding carboxylic acids is 1. The summed E-state index contributed by atoms with van der Waals surface area (Å²) < 4.78 is 1.93. The van der Waals surface area contributed by atoms with Crippen LogP contribution in [-0.4, -0.2) is 62.9 Å². The molecule has 2 fully saturated rings. The molecule has 0 spiro atoms. The van der Waals surface area contributed by atoms with E-state index in [1.54, 1.807) is 0 Å². The van der Waals surface area contributed by atoms with E-state index in [-0.39, 0.29) is 6.03 Å². The van der Waals surface area contributed by atoms with Gasteiger partial charge in [0, 0.05) is 38.6 Å². The number of anilines is 1. The highest BCUT2D eigenvalue weighted by atomic mass is 16.2. The molecule has 0 radical (unpaired) electrons. The third kappa shape index (κ3) is 4.58. The smallest absolute Gasteiger partial charge is 0.317 e. The number of aryl methyl sites for hydroxylation is 2. The molecule has 0 bridgehead atoms. The van der Waals surface area contributed by atoms with Crippen LogP contribution in [0.2, 0.25) is 0 Å². The molecule has 8 heteroatoms. The largest absolute Gasteiger partial charge is 0.352 e. The summed E-state index contributed by atoms with van der Waals surface area (Å²) >= 11 is 0. The number of hydrogen-bond acceptors (Lipinski definition) is 5. The molecule has 2 aliphatic rings. The van der Waals surface area contributed by atoms with E-state index in [0.29, 0.717) is 19.1 Å². The molecule has 3 heterocycles. The zero-order valence-electron chi connectivity index (χ0n) is 20.3. The van der Waals surface area contributed by atoms with Gasteiger partial charge in [0.25, 0.3) is 0 Å². The van der Waals surface area contributed by atoms with E-state index in [2.05, 4.69) is 29.3 Å². The topological polar surface area (TPSA) is 79.2 Å². The molecule has 1 aliphatic carbocycles. The maximum atomic E-state index is 12.8. The normalized spacial score (nSPS) is 17.4. The predicted octanol–water partition coefficient (Wildman–Crippen LogP) is 4.24. The fraction of sp³-hybridized carbons (Fsp3) is 0.538. The first-order valence-corrected chi connectivity index (χ1v) is 12.8. The van der Waals surface area contributed by atoms with Crippen LogP contribution < -0.4 is 10.2 Å². The summed E-state index contributed by atoms with van der Waals surface area (Å²) in [7, 11) is 0. The number of hydrogen-bond donors (Lipinski definition) is 1. The average molecular weight is 462 g/mol. The Labute approximate surface area is 201 Å². The third-order valence-electron chi connectivity index (χ3n) is 7.00. The monoisotopic (exact) mass is 461 g/mol. The van der Waals surface area contributed by atoms with Gasteiger partial charge in [-0.25, -0.2) is 19.4 Å². The van der Waals surface area contributed by atoms with E-state index in [1.807, 2.05) is 34.7 Å². The maximum Gasteiger partial charge on any atom is 0.317 e. The van der Waals surface area contributed by atoms with Crippen LogP contribution in [0.1, 0.15) is 57.0 Å². The Morgan fingerprint density at radius 2 is 1.76 bits per heavy atom. The zero-order chi connectivity index (χ0) is 23.5. The quantitative estimate of drug-likeness (QED) is 0.615.